The van der Waals surface area contributed by atoms with Crippen molar-refractivity contribution in [3.8, 4) is 5.88 Å². The standard InChI is InChI=1S/C20H21BrN4O2/c1-3-24(4-2)13-25-17-12-8-6-10-15(17)18(20(25)27)22-23-19(26)14-9-5-7-11-16(14)21/h5-12,27H,3-4,13H2,1-2H3. The van der Waals surface area contributed by atoms with E-state index in [1.54, 1.807) is 22.8 Å². The molecule has 1 amide bonds. The van der Waals surface area contributed by atoms with Gasteiger partial charge in [-0.25, -0.2) is 0 Å². The monoisotopic (exact) mass is 428 g/mol. The fourth-order valence-corrected chi connectivity index (χ4v) is 3.38. The highest BCUT2D eigenvalue weighted by molar-refractivity contribution is 9.10. The molecule has 0 saturated heterocycles. The fourth-order valence-electron chi connectivity index (χ4n) is 2.92. The number of hydrogen-bond acceptors (Lipinski definition) is 4. The molecule has 0 saturated carbocycles. The van der Waals surface area contributed by atoms with Crippen LogP contribution in [0.2, 0.25) is 0 Å². The molecule has 1 heterocycles. The first kappa shape index (κ1) is 19.3. The van der Waals surface area contributed by atoms with Crippen molar-refractivity contribution in [2.75, 3.05) is 13.1 Å². The van der Waals surface area contributed by atoms with Crippen LogP contribution >= 0.6 is 15.9 Å². The Morgan fingerprint density at radius 2 is 1.78 bits per heavy atom. The summed E-state index contributed by atoms with van der Waals surface area (Å²) in [6.45, 7) is 6.40. The van der Waals surface area contributed by atoms with E-state index in [9.17, 15) is 9.90 Å². The van der Waals surface area contributed by atoms with Gasteiger partial charge in [0.15, 0.2) is 5.69 Å². The molecular formula is C20H21BrN4O2. The SMILES string of the molecule is CCN(CC)Cn1c(O)c(N=NC(=O)c2ccccc2Br)c2ccccc21. The Bertz CT molecular complexity index is 993. The molecule has 0 spiro atoms. The molecule has 140 valence electrons. The van der Waals surface area contributed by atoms with Gasteiger partial charge < -0.3 is 5.11 Å². The fraction of sp³-hybridized carbons (Fsp3) is 0.250. The van der Waals surface area contributed by atoms with Gasteiger partial charge in [-0.2, -0.15) is 0 Å². The number of fused-ring (bicyclic) bond motifs is 1. The van der Waals surface area contributed by atoms with Gasteiger partial charge in [0.25, 0.3) is 5.91 Å². The number of nitrogens with zero attached hydrogens (tertiary/aromatic N) is 4. The number of carbonyl (C=O) groups excluding carboxylic acids is 1. The van der Waals surface area contributed by atoms with Gasteiger partial charge in [-0.1, -0.05) is 44.2 Å². The molecule has 1 aromatic heterocycles. The third kappa shape index (κ3) is 3.94. The van der Waals surface area contributed by atoms with Gasteiger partial charge in [-0.15, -0.1) is 10.2 Å². The van der Waals surface area contributed by atoms with E-state index in [1.165, 1.54) is 0 Å². The smallest absolute Gasteiger partial charge is 0.296 e. The maximum atomic E-state index is 12.4. The molecule has 3 aromatic rings. The van der Waals surface area contributed by atoms with Crippen LogP contribution in [0, 0.1) is 0 Å². The zero-order valence-electron chi connectivity index (χ0n) is 15.3. The molecule has 0 fully saturated rings. The number of rotatable bonds is 6. The zero-order chi connectivity index (χ0) is 19.4. The van der Waals surface area contributed by atoms with Gasteiger partial charge in [0.1, 0.15) is 0 Å². The summed E-state index contributed by atoms with van der Waals surface area (Å²) in [6, 6.07) is 14.6. The minimum atomic E-state index is -0.470. The molecular weight excluding hydrogens is 408 g/mol. The van der Waals surface area contributed by atoms with E-state index in [0.717, 1.165) is 24.0 Å². The lowest BCUT2D eigenvalue weighted by molar-refractivity contribution is 0.0994. The van der Waals surface area contributed by atoms with E-state index in [1.807, 2.05) is 30.3 Å². The molecule has 0 aliphatic heterocycles. The second-order valence-electron chi connectivity index (χ2n) is 6.05. The molecule has 3 rings (SSSR count). The summed E-state index contributed by atoms with van der Waals surface area (Å²) in [7, 11) is 0. The Morgan fingerprint density at radius 1 is 1.11 bits per heavy atom. The lowest BCUT2D eigenvalue weighted by atomic mass is 10.2. The summed E-state index contributed by atoms with van der Waals surface area (Å²) in [5.41, 5.74) is 1.58. The first-order chi connectivity index (χ1) is 13.1. The van der Waals surface area contributed by atoms with Crippen LogP contribution in [0.15, 0.2) is 63.2 Å². The van der Waals surface area contributed by atoms with Crippen molar-refractivity contribution < 1.29 is 9.90 Å². The molecule has 0 aliphatic rings. The first-order valence-corrected chi connectivity index (χ1v) is 9.59. The molecule has 0 bridgehead atoms. The number of carbonyl (C=O) groups is 1. The predicted molar refractivity (Wildman–Crippen MR) is 110 cm³/mol. The lowest BCUT2D eigenvalue weighted by Crippen LogP contribution is -2.25. The minimum Gasteiger partial charge on any atom is -0.493 e. The molecule has 0 atom stereocenters. The quantitative estimate of drug-likeness (QED) is 0.539. The van der Waals surface area contributed by atoms with Crippen molar-refractivity contribution in [1.82, 2.24) is 9.47 Å². The highest BCUT2D eigenvalue weighted by Gasteiger charge is 2.18. The number of halogens is 1. The van der Waals surface area contributed by atoms with Crippen molar-refractivity contribution in [3.63, 3.8) is 0 Å². The number of hydrogen-bond donors (Lipinski definition) is 1. The van der Waals surface area contributed by atoms with Gasteiger partial charge >= 0.3 is 0 Å². The van der Waals surface area contributed by atoms with Crippen molar-refractivity contribution in [2.45, 2.75) is 20.5 Å². The molecule has 1 N–H and O–H groups in total. The largest absolute Gasteiger partial charge is 0.493 e. The summed E-state index contributed by atoms with van der Waals surface area (Å²) in [5, 5.41) is 19.4. The van der Waals surface area contributed by atoms with Crippen LogP contribution in [0.25, 0.3) is 10.9 Å². The Hall–Kier alpha value is -2.51. The molecule has 0 aliphatic carbocycles. The van der Waals surface area contributed by atoms with E-state index in [2.05, 4.69) is 44.9 Å². The summed E-state index contributed by atoms with van der Waals surface area (Å²) < 4.78 is 2.45. The molecule has 0 radical (unpaired) electrons. The molecule has 2 aromatic carbocycles. The summed E-state index contributed by atoms with van der Waals surface area (Å²) in [4.78, 5) is 14.6. The van der Waals surface area contributed by atoms with Crippen LogP contribution in [-0.4, -0.2) is 33.6 Å². The Kier molecular flexibility index (Phi) is 6.03. The van der Waals surface area contributed by atoms with Gasteiger partial charge in [0.05, 0.1) is 17.7 Å². The van der Waals surface area contributed by atoms with Crippen molar-refractivity contribution in [3.05, 3.63) is 58.6 Å². The third-order valence-electron chi connectivity index (χ3n) is 4.50. The highest BCUT2D eigenvalue weighted by Crippen LogP contribution is 2.39. The second kappa shape index (κ2) is 8.45. The van der Waals surface area contributed by atoms with Crippen molar-refractivity contribution in [1.29, 1.82) is 0 Å². The summed E-state index contributed by atoms with van der Waals surface area (Å²) >= 11 is 3.34. The zero-order valence-corrected chi connectivity index (χ0v) is 16.8. The average molecular weight is 429 g/mol. The van der Waals surface area contributed by atoms with Crippen LogP contribution in [0.5, 0.6) is 5.88 Å². The maximum Gasteiger partial charge on any atom is 0.296 e. The van der Waals surface area contributed by atoms with Crippen LogP contribution in [0.4, 0.5) is 5.69 Å². The van der Waals surface area contributed by atoms with Crippen LogP contribution < -0.4 is 0 Å². The van der Waals surface area contributed by atoms with E-state index in [0.29, 0.717) is 22.4 Å². The highest BCUT2D eigenvalue weighted by atomic mass is 79.9. The summed E-state index contributed by atoms with van der Waals surface area (Å²) in [6.07, 6.45) is 0. The number of aromatic hydroxyl groups is 1. The van der Waals surface area contributed by atoms with Crippen molar-refractivity contribution in [2.24, 2.45) is 10.2 Å². The second-order valence-corrected chi connectivity index (χ2v) is 6.90. The Morgan fingerprint density at radius 3 is 2.48 bits per heavy atom. The lowest BCUT2D eigenvalue weighted by Gasteiger charge is -2.19. The molecule has 7 heteroatoms. The van der Waals surface area contributed by atoms with E-state index in [4.69, 9.17) is 0 Å². The Labute approximate surface area is 166 Å². The third-order valence-corrected chi connectivity index (χ3v) is 5.19. The number of azo groups is 1. The van der Waals surface area contributed by atoms with E-state index >= 15 is 0 Å². The number of para-hydroxylation sites is 1. The number of benzene rings is 2. The predicted octanol–water partition coefficient (Wildman–Crippen LogP) is 5.33. The van der Waals surface area contributed by atoms with E-state index < -0.39 is 5.91 Å². The van der Waals surface area contributed by atoms with Crippen LogP contribution in [0.1, 0.15) is 24.2 Å². The van der Waals surface area contributed by atoms with E-state index in [-0.39, 0.29) is 5.88 Å². The summed E-state index contributed by atoms with van der Waals surface area (Å²) in [5.74, 6) is -0.464. The molecule has 0 unspecified atom stereocenters. The van der Waals surface area contributed by atoms with Crippen molar-refractivity contribution >= 4 is 38.4 Å². The average Bonchev–Trinajstić information content (AvgIpc) is 2.95. The number of amides is 1. The van der Waals surface area contributed by atoms with Crippen LogP contribution in [0.3, 0.4) is 0 Å². The maximum absolute atomic E-state index is 12.4. The normalized spacial score (nSPS) is 11.7. The molecule has 27 heavy (non-hydrogen) atoms. The van der Waals surface area contributed by atoms with Gasteiger partial charge in [0, 0.05) is 9.86 Å². The topological polar surface area (TPSA) is 70.2 Å². The van der Waals surface area contributed by atoms with Gasteiger partial charge in [-0.3, -0.25) is 14.3 Å². The van der Waals surface area contributed by atoms with Crippen LogP contribution in [-0.2, 0) is 6.67 Å². The molecule has 6 nitrogen and oxygen atoms in total. The minimum absolute atomic E-state index is 0.00628. The Balaban J connectivity index is 2.01. The first-order valence-electron chi connectivity index (χ1n) is 8.79. The van der Waals surface area contributed by atoms with Gasteiger partial charge in [-0.05, 0) is 47.2 Å². The van der Waals surface area contributed by atoms with Gasteiger partial charge in [0.2, 0.25) is 5.88 Å². The number of aromatic nitrogens is 1.